The summed E-state index contributed by atoms with van der Waals surface area (Å²) in [5.74, 6) is 0.691. The fraction of sp³-hybridized carbons (Fsp3) is 0.0556. The SMILES string of the molecule is NS(=O)(=O)c1ccc(CNC(=O)c2ccccc2Oc2cccc(Br)c2)s1. The smallest absolute Gasteiger partial charge is 0.255 e. The van der Waals surface area contributed by atoms with Gasteiger partial charge in [0.25, 0.3) is 5.91 Å². The number of carbonyl (C=O) groups excluding carboxylic acids is 1. The lowest BCUT2D eigenvalue weighted by Crippen LogP contribution is -2.22. The molecule has 0 bridgehead atoms. The first-order valence-electron chi connectivity index (χ1n) is 7.75. The summed E-state index contributed by atoms with van der Waals surface area (Å²) in [4.78, 5) is 13.2. The minimum Gasteiger partial charge on any atom is -0.456 e. The molecule has 0 fully saturated rings. The molecule has 0 unspecified atom stereocenters. The number of sulfonamides is 1. The Hall–Kier alpha value is -2.20. The zero-order valence-corrected chi connectivity index (χ0v) is 17.1. The topological polar surface area (TPSA) is 98.5 Å². The Balaban J connectivity index is 1.72. The molecular formula is C18H15BrN2O4S2. The average Bonchev–Trinajstić information content (AvgIpc) is 3.10. The van der Waals surface area contributed by atoms with Crippen LogP contribution in [0.4, 0.5) is 0 Å². The van der Waals surface area contributed by atoms with Gasteiger partial charge in [-0.1, -0.05) is 34.1 Å². The third kappa shape index (κ3) is 5.16. The lowest BCUT2D eigenvalue weighted by atomic mass is 10.2. The van der Waals surface area contributed by atoms with Gasteiger partial charge >= 0.3 is 0 Å². The summed E-state index contributed by atoms with van der Waals surface area (Å²) in [6, 6.07) is 17.2. The third-order valence-corrected chi connectivity index (χ3v) is 6.51. The first kappa shape index (κ1) is 19.6. The van der Waals surface area contributed by atoms with E-state index in [1.165, 1.54) is 6.07 Å². The quantitative estimate of drug-likeness (QED) is 0.575. The van der Waals surface area contributed by atoms with Gasteiger partial charge in [-0.2, -0.15) is 0 Å². The van der Waals surface area contributed by atoms with Crippen LogP contribution in [0.2, 0.25) is 0 Å². The minimum atomic E-state index is -3.74. The van der Waals surface area contributed by atoms with Gasteiger partial charge in [-0.3, -0.25) is 4.79 Å². The number of benzene rings is 2. The Kier molecular flexibility index (Phi) is 5.95. The van der Waals surface area contributed by atoms with Gasteiger partial charge in [0.05, 0.1) is 12.1 Å². The van der Waals surface area contributed by atoms with Crippen molar-refractivity contribution in [2.45, 2.75) is 10.8 Å². The van der Waals surface area contributed by atoms with Crippen LogP contribution >= 0.6 is 27.3 Å². The van der Waals surface area contributed by atoms with Gasteiger partial charge in [0, 0.05) is 9.35 Å². The Morgan fingerprint density at radius 1 is 1.11 bits per heavy atom. The lowest BCUT2D eigenvalue weighted by molar-refractivity contribution is 0.0949. The van der Waals surface area contributed by atoms with Gasteiger partial charge in [-0.15, -0.1) is 11.3 Å². The van der Waals surface area contributed by atoms with Crippen molar-refractivity contribution < 1.29 is 17.9 Å². The zero-order valence-electron chi connectivity index (χ0n) is 13.9. The maximum absolute atomic E-state index is 12.6. The minimum absolute atomic E-state index is 0.0603. The first-order valence-corrected chi connectivity index (χ1v) is 10.9. The molecule has 0 atom stereocenters. The maximum Gasteiger partial charge on any atom is 0.255 e. The number of rotatable bonds is 6. The van der Waals surface area contributed by atoms with E-state index < -0.39 is 10.0 Å². The van der Waals surface area contributed by atoms with Crippen molar-refractivity contribution >= 4 is 43.2 Å². The highest BCUT2D eigenvalue weighted by Gasteiger charge is 2.15. The fourth-order valence-electron chi connectivity index (χ4n) is 2.27. The molecule has 27 heavy (non-hydrogen) atoms. The van der Waals surface area contributed by atoms with E-state index in [-0.39, 0.29) is 16.7 Å². The monoisotopic (exact) mass is 466 g/mol. The number of primary sulfonamides is 1. The lowest BCUT2D eigenvalue weighted by Gasteiger charge is -2.11. The predicted octanol–water partition coefficient (Wildman–Crippen LogP) is 3.88. The van der Waals surface area contributed by atoms with Crippen LogP contribution in [0, 0.1) is 0 Å². The summed E-state index contributed by atoms with van der Waals surface area (Å²) in [6.07, 6.45) is 0. The molecule has 1 heterocycles. The largest absolute Gasteiger partial charge is 0.456 e. The molecule has 3 N–H and O–H groups in total. The molecule has 1 amide bonds. The predicted molar refractivity (Wildman–Crippen MR) is 108 cm³/mol. The van der Waals surface area contributed by atoms with Crippen LogP contribution in [0.1, 0.15) is 15.2 Å². The molecule has 3 rings (SSSR count). The van der Waals surface area contributed by atoms with Crippen LogP contribution in [0.15, 0.2) is 69.3 Å². The summed E-state index contributed by atoms with van der Waals surface area (Å²) >= 11 is 4.40. The normalized spacial score (nSPS) is 11.2. The molecule has 3 aromatic rings. The van der Waals surface area contributed by atoms with Crippen molar-refractivity contribution in [1.82, 2.24) is 5.32 Å². The van der Waals surface area contributed by atoms with Crippen molar-refractivity contribution in [2.24, 2.45) is 5.14 Å². The number of amides is 1. The average molecular weight is 467 g/mol. The molecule has 0 saturated carbocycles. The van der Waals surface area contributed by atoms with Gasteiger partial charge in [0.2, 0.25) is 10.0 Å². The molecule has 2 aromatic carbocycles. The van der Waals surface area contributed by atoms with Crippen LogP contribution in [0.5, 0.6) is 11.5 Å². The number of hydrogen-bond acceptors (Lipinski definition) is 5. The van der Waals surface area contributed by atoms with Gasteiger partial charge in [-0.05, 0) is 42.5 Å². The van der Waals surface area contributed by atoms with Crippen molar-refractivity contribution in [2.75, 3.05) is 0 Å². The van der Waals surface area contributed by atoms with Gasteiger partial charge in [0.1, 0.15) is 15.7 Å². The Bertz CT molecular complexity index is 1080. The Morgan fingerprint density at radius 3 is 2.59 bits per heavy atom. The summed E-state index contributed by atoms with van der Waals surface area (Å²) < 4.78 is 29.4. The van der Waals surface area contributed by atoms with Crippen molar-refractivity contribution in [3.8, 4) is 11.5 Å². The molecule has 9 heteroatoms. The molecule has 0 saturated heterocycles. The molecule has 1 aromatic heterocycles. The van der Waals surface area contributed by atoms with E-state index in [1.807, 2.05) is 12.1 Å². The highest BCUT2D eigenvalue weighted by atomic mass is 79.9. The first-order chi connectivity index (χ1) is 12.8. The van der Waals surface area contributed by atoms with Gasteiger partial charge in [-0.25, -0.2) is 13.6 Å². The van der Waals surface area contributed by atoms with Crippen LogP contribution in [-0.2, 0) is 16.6 Å². The maximum atomic E-state index is 12.6. The summed E-state index contributed by atoms with van der Waals surface area (Å²) in [5.41, 5.74) is 0.376. The summed E-state index contributed by atoms with van der Waals surface area (Å²) in [5, 5.41) is 7.86. The van der Waals surface area contributed by atoms with E-state index in [0.29, 0.717) is 21.9 Å². The molecular weight excluding hydrogens is 452 g/mol. The highest BCUT2D eigenvalue weighted by Crippen LogP contribution is 2.27. The second kappa shape index (κ2) is 8.22. The van der Waals surface area contributed by atoms with Crippen LogP contribution in [0.3, 0.4) is 0 Å². The molecule has 0 aliphatic carbocycles. The number of para-hydroxylation sites is 1. The number of hydrogen-bond donors (Lipinski definition) is 2. The fourth-order valence-corrected chi connectivity index (χ4v) is 4.37. The van der Waals surface area contributed by atoms with E-state index in [4.69, 9.17) is 9.88 Å². The van der Waals surface area contributed by atoms with E-state index in [0.717, 1.165) is 15.8 Å². The second-order valence-corrected chi connectivity index (χ2v) is 9.38. The number of ether oxygens (including phenoxy) is 1. The Morgan fingerprint density at radius 2 is 1.89 bits per heavy atom. The molecule has 0 spiro atoms. The second-order valence-electron chi connectivity index (χ2n) is 5.50. The van der Waals surface area contributed by atoms with E-state index in [1.54, 1.807) is 42.5 Å². The van der Waals surface area contributed by atoms with Crippen molar-refractivity contribution in [3.63, 3.8) is 0 Å². The van der Waals surface area contributed by atoms with Crippen LogP contribution < -0.4 is 15.2 Å². The number of halogens is 1. The summed E-state index contributed by atoms with van der Waals surface area (Å²) in [7, 11) is -3.74. The van der Waals surface area contributed by atoms with E-state index in [9.17, 15) is 13.2 Å². The molecule has 140 valence electrons. The van der Waals surface area contributed by atoms with Crippen molar-refractivity contribution in [3.05, 3.63) is 75.6 Å². The molecule has 0 radical (unpaired) electrons. The van der Waals surface area contributed by atoms with Crippen molar-refractivity contribution in [1.29, 1.82) is 0 Å². The van der Waals surface area contributed by atoms with Crippen LogP contribution in [-0.4, -0.2) is 14.3 Å². The standard InChI is InChI=1S/C18H15BrN2O4S2/c19-12-4-3-5-13(10-12)25-16-7-2-1-6-15(16)18(22)21-11-14-8-9-17(26-14)27(20,23)24/h1-10H,11H2,(H,21,22)(H2,20,23,24). The van der Waals surface area contributed by atoms with E-state index in [2.05, 4.69) is 21.2 Å². The number of nitrogens with one attached hydrogen (secondary N) is 1. The van der Waals surface area contributed by atoms with Gasteiger partial charge < -0.3 is 10.1 Å². The number of nitrogens with two attached hydrogens (primary N) is 1. The zero-order chi connectivity index (χ0) is 19.4. The number of carbonyl (C=O) groups is 1. The number of thiophene rings is 1. The molecule has 0 aliphatic heterocycles. The highest BCUT2D eigenvalue weighted by molar-refractivity contribution is 9.10. The van der Waals surface area contributed by atoms with E-state index >= 15 is 0 Å². The summed E-state index contributed by atoms with van der Waals surface area (Å²) in [6.45, 7) is 0.185. The molecule has 6 nitrogen and oxygen atoms in total. The Labute approximate surface area is 169 Å². The third-order valence-electron chi connectivity index (χ3n) is 3.50. The van der Waals surface area contributed by atoms with Crippen LogP contribution in [0.25, 0.3) is 0 Å². The molecule has 0 aliphatic rings. The van der Waals surface area contributed by atoms with Gasteiger partial charge in [0.15, 0.2) is 0 Å².